The molecule has 6 nitrogen and oxygen atoms in total. The van der Waals surface area contributed by atoms with Crippen LogP contribution in [-0.4, -0.2) is 38.0 Å². The maximum absolute atomic E-state index is 13.0. The highest BCUT2D eigenvalue weighted by atomic mass is 19.4. The summed E-state index contributed by atoms with van der Waals surface area (Å²) in [4.78, 5) is 16.2. The van der Waals surface area contributed by atoms with Gasteiger partial charge in [0.15, 0.2) is 0 Å². The molecule has 0 radical (unpaired) electrons. The number of aliphatic hydroxyl groups excluding tert-OH is 1. The second kappa shape index (κ2) is 9.82. The number of aliphatic hydroxyl groups is 1. The molecule has 1 unspecified atom stereocenters. The smallest absolute Gasteiger partial charge is 0.416 e. The standard InChI is InChI=1S/C28H26F3N5O/c1-17-4-3-12-32-26(17)19-5-10-23-24(14-19)34-25(16-36-13-11-20(15-36)18(2)37)35-27(23)33-22-8-6-21(7-9-22)28(29,30)31/h3-10,12,14,20,37H,2,11,13,15-16H2,1H3,(H,33,34,35). The molecule has 0 aliphatic carbocycles. The molecule has 1 aliphatic heterocycles. The minimum Gasteiger partial charge on any atom is -0.513 e. The van der Waals surface area contributed by atoms with Crippen LogP contribution < -0.4 is 5.32 Å². The van der Waals surface area contributed by atoms with Gasteiger partial charge in [0.05, 0.1) is 29.1 Å². The minimum atomic E-state index is -4.40. The number of hydrogen-bond acceptors (Lipinski definition) is 6. The van der Waals surface area contributed by atoms with Gasteiger partial charge in [-0.1, -0.05) is 18.7 Å². The first-order chi connectivity index (χ1) is 17.7. The van der Waals surface area contributed by atoms with E-state index >= 15 is 0 Å². The van der Waals surface area contributed by atoms with Crippen LogP contribution in [0.15, 0.2) is 73.1 Å². The van der Waals surface area contributed by atoms with Gasteiger partial charge in [-0.25, -0.2) is 9.97 Å². The van der Waals surface area contributed by atoms with Crippen LogP contribution in [0.1, 0.15) is 23.4 Å². The average Bonchev–Trinajstić information content (AvgIpc) is 3.33. The number of anilines is 2. The van der Waals surface area contributed by atoms with E-state index in [0.29, 0.717) is 35.9 Å². The molecule has 2 aromatic heterocycles. The van der Waals surface area contributed by atoms with Gasteiger partial charge in [-0.15, -0.1) is 0 Å². The van der Waals surface area contributed by atoms with Gasteiger partial charge in [0.1, 0.15) is 11.6 Å². The van der Waals surface area contributed by atoms with Crippen molar-refractivity contribution in [3.05, 3.63) is 90.1 Å². The van der Waals surface area contributed by atoms with Gasteiger partial charge in [-0.05, 0) is 67.9 Å². The number of alkyl halides is 3. The highest BCUT2D eigenvalue weighted by Gasteiger charge is 2.30. The van der Waals surface area contributed by atoms with E-state index in [9.17, 15) is 18.3 Å². The van der Waals surface area contributed by atoms with Gasteiger partial charge < -0.3 is 10.4 Å². The summed E-state index contributed by atoms with van der Waals surface area (Å²) in [6.07, 6.45) is -1.85. The molecule has 190 valence electrons. The Hall–Kier alpha value is -3.98. The van der Waals surface area contributed by atoms with Crippen molar-refractivity contribution in [2.24, 2.45) is 5.92 Å². The summed E-state index contributed by atoms with van der Waals surface area (Å²) in [5.41, 5.74) is 3.27. The fourth-order valence-electron chi connectivity index (χ4n) is 4.61. The normalized spacial score (nSPS) is 16.3. The summed E-state index contributed by atoms with van der Waals surface area (Å²) < 4.78 is 39.0. The van der Waals surface area contributed by atoms with Crippen LogP contribution in [0.3, 0.4) is 0 Å². The molecule has 1 fully saturated rings. The van der Waals surface area contributed by atoms with Crippen molar-refractivity contribution in [1.29, 1.82) is 0 Å². The Kier molecular flexibility index (Phi) is 6.55. The lowest BCUT2D eigenvalue weighted by Crippen LogP contribution is -2.22. The topological polar surface area (TPSA) is 74.2 Å². The van der Waals surface area contributed by atoms with E-state index in [-0.39, 0.29) is 11.7 Å². The summed E-state index contributed by atoms with van der Waals surface area (Å²) in [6.45, 7) is 7.56. The van der Waals surface area contributed by atoms with E-state index < -0.39 is 11.7 Å². The Balaban J connectivity index is 1.52. The lowest BCUT2D eigenvalue weighted by Gasteiger charge is -2.17. The Morgan fingerprint density at radius 3 is 2.59 bits per heavy atom. The molecule has 0 bridgehead atoms. The Morgan fingerprint density at radius 2 is 1.92 bits per heavy atom. The number of aromatic nitrogens is 3. The van der Waals surface area contributed by atoms with E-state index in [1.807, 2.05) is 37.3 Å². The first-order valence-electron chi connectivity index (χ1n) is 11.9. The summed E-state index contributed by atoms with van der Waals surface area (Å²) in [7, 11) is 0. The third-order valence-corrected chi connectivity index (χ3v) is 6.61. The fourth-order valence-corrected chi connectivity index (χ4v) is 4.61. The maximum atomic E-state index is 13.0. The van der Waals surface area contributed by atoms with Crippen LogP contribution in [0.2, 0.25) is 0 Å². The zero-order valence-corrected chi connectivity index (χ0v) is 20.3. The van der Waals surface area contributed by atoms with E-state index in [1.165, 1.54) is 12.1 Å². The van der Waals surface area contributed by atoms with Crippen molar-refractivity contribution in [3.8, 4) is 11.3 Å². The van der Waals surface area contributed by atoms with Crippen molar-refractivity contribution in [2.75, 3.05) is 18.4 Å². The predicted octanol–water partition coefficient (Wildman–Crippen LogP) is 6.66. The average molecular weight is 506 g/mol. The second-order valence-corrected chi connectivity index (χ2v) is 9.30. The number of hydrogen-bond donors (Lipinski definition) is 2. The summed E-state index contributed by atoms with van der Waals surface area (Å²) >= 11 is 0. The molecule has 37 heavy (non-hydrogen) atoms. The maximum Gasteiger partial charge on any atom is 0.416 e. The molecule has 4 aromatic rings. The number of halogens is 3. The zero-order valence-electron chi connectivity index (χ0n) is 20.3. The number of fused-ring (bicyclic) bond motifs is 1. The van der Waals surface area contributed by atoms with Crippen LogP contribution in [0.25, 0.3) is 22.2 Å². The Labute approximate surface area is 212 Å². The molecule has 1 atom stereocenters. The quantitative estimate of drug-likeness (QED) is 0.286. The molecule has 5 rings (SSSR count). The molecule has 0 amide bonds. The highest BCUT2D eigenvalue weighted by Crippen LogP contribution is 2.32. The van der Waals surface area contributed by atoms with Crippen LogP contribution in [0.4, 0.5) is 24.7 Å². The van der Waals surface area contributed by atoms with Crippen molar-refractivity contribution >= 4 is 22.4 Å². The Morgan fingerprint density at radius 1 is 1.14 bits per heavy atom. The van der Waals surface area contributed by atoms with Crippen LogP contribution in [0.5, 0.6) is 0 Å². The van der Waals surface area contributed by atoms with E-state index in [2.05, 4.69) is 21.8 Å². The van der Waals surface area contributed by atoms with Crippen LogP contribution >= 0.6 is 0 Å². The van der Waals surface area contributed by atoms with Gasteiger partial charge in [-0.3, -0.25) is 9.88 Å². The van der Waals surface area contributed by atoms with E-state index in [4.69, 9.17) is 9.97 Å². The molecule has 2 N–H and O–H groups in total. The highest BCUT2D eigenvalue weighted by molar-refractivity contribution is 5.93. The van der Waals surface area contributed by atoms with Gasteiger partial charge in [0.2, 0.25) is 0 Å². The third kappa shape index (κ3) is 5.41. The molecule has 9 heteroatoms. The number of nitrogens with zero attached hydrogens (tertiary/aromatic N) is 4. The van der Waals surface area contributed by atoms with E-state index in [0.717, 1.165) is 47.3 Å². The van der Waals surface area contributed by atoms with Gasteiger partial charge in [0.25, 0.3) is 0 Å². The van der Waals surface area contributed by atoms with Gasteiger partial charge in [-0.2, -0.15) is 13.2 Å². The summed E-state index contributed by atoms with van der Waals surface area (Å²) in [6, 6.07) is 14.5. The van der Waals surface area contributed by atoms with Crippen molar-refractivity contribution in [2.45, 2.75) is 26.1 Å². The number of rotatable bonds is 6. The second-order valence-electron chi connectivity index (χ2n) is 9.30. The van der Waals surface area contributed by atoms with Gasteiger partial charge >= 0.3 is 6.18 Å². The van der Waals surface area contributed by atoms with Gasteiger partial charge in [0, 0.05) is 35.3 Å². The minimum absolute atomic E-state index is 0.0175. The van der Waals surface area contributed by atoms with Crippen LogP contribution in [0, 0.1) is 12.8 Å². The number of nitrogens with one attached hydrogen (secondary N) is 1. The number of likely N-dealkylation sites (tertiary alicyclic amines) is 1. The molecule has 0 saturated carbocycles. The predicted molar refractivity (Wildman–Crippen MR) is 137 cm³/mol. The first kappa shape index (κ1) is 24.7. The monoisotopic (exact) mass is 505 g/mol. The molecular weight excluding hydrogens is 479 g/mol. The first-order valence-corrected chi connectivity index (χ1v) is 11.9. The van der Waals surface area contributed by atoms with Crippen molar-refractivity contribution < 1.29 is 18.3 Å². The lowest BCUT2D eigenvalue weighted by molar-refractivity contribution is -0.137. The zero-order chi connectivity index (χ0) is 26.2. The molecule has 3 heterocycles. The number of aryl methyl sites for hydroxylation is 1. The van der Waals surface area contributed by atoms with E-state index in [1.54, 1.807) is 6.20 Å². The summed E-state index contributed by atoms with van der Waals surface area (Å²) in [5.74, 6) is 1.28. The van der Waals surface area contributed by atoms with Crippen molar-refractivity contribution in [3.63, 3.8) is 0 Å². The molecular formula is C28H26F3N5O. The Bertz CT molecular complexity index is 1450. The number of benzene rings is 2. The molecule has 0 spiro atoms. The third-order valence-electron chi connectivity index (χ3n) is 6.61. The SMILES string of the molecule is C=C(O)C1CCN(Cc2nc(Nc3ccc(C(F)(F)F)cc3)c3ccc(-c4ncccc4C)cc3n2)C1. The molecule has 1 saturated heterocycles. The lowest BCUT2D eigenvalue weighted by atomic mass is 10.0. The molecule has 2 aromatic carbocycles. The van der Waals surface area contributed by atoms with Crippen molar-refractivity contribution in [1.82, 2.24) is 19.9 Å². The molecule has 1 aliphatic rings. The van der Waals surface area contributed by atoms with Crippen LogP contribution in [-0.2, 0) is 12.7 Å². The largest absolute Gasteiger partial charge is 0.513 e. The summed E-state index contributed by atoms with van der Waals surface area (Å²) in [5, 5.41) is 13.7. The fraction of sp³-hybridized carbons (Fsp3) is 0.250. The number of pyridine rings is 1.